The van der Waals surface area contributed by atoms with Gasteiger partial charge < -0.3 is 10.6 Å². The predicted octanol–water partition coefficient (Wildman–Crippen LogP) is 5.81. The third kappa shape index (κ3) is 5.63. The van der Waals surface area contributed by atoms with Crippen LogP contribution in [0, 0.1) is 0 Å². The number of hydrogen-bond acceptors (Lipinski definition) is 1. The number of hydrogen-bond donors (Lipinski definition) is 2. The molecular weight excluding hydrogens is 454 g/mol. The van der Waals surface area contributed by atoms with Crippen molar-refractivity contribution in [3.05, 3.63) is 69.7 Å². The second-order valence-corrected chi connectivity index (χ2v) is 6.81. The molecule has 3 nitrogen and oxygen atoms in total. The lowest BCUT2D eigenvalue weighted by molar-refractivity contribution is -0.148. The van der Waals surface area contributed by atoms with Gasteiger partial charge in [0, 0.05) is 4.47 Å². The first-order valence-corrected chi connectivity index (χ1v) is 8.74. The van der Waals surface area contributed by atoms with Crippen LogP contribution in [-0.2, 0) is 6.18 Å². The lowest BCUT2D eigenvalue weighted by Crippen LogP contribution is -2.48. The van der Waals surface area contributed by atoms with Crippen molar-refractivity contribution in [3.8, 4) is 0 Å². The van der Waals surface area contributed by atoms with Crippen molar-refractivity contribution in [2.24, 2.45) is 0 Å². The van der Waals surface area contributed by atoms with Gasteiger partial charge in [-0.05, 0) is 36.2 Å². The molecule has 28 heavy (non-hydrogen) atoms. The summed E-state index contributed by atoms with van der Waals surface area (Å²) < 4.78 is 76.8. The standard InChI is InChI=1S/C18H15BrF6N2O/c1-10(17(20,21)22)26-16(28)27-15(13-4-2-3-5-14(13)19)11-6-8-12(9-7-11)18(23,24)25/h2-10,15H,1H3,(H2,26,27,28)/t10-,15?/m0/s1. The summed E-state index contributed by atoms with van der Waals surface area (Å²) in [6, 6.07) is 6.40. The third-order valence-corrected chi connectivity index (χ3v) is 4.62. The number of alkyl halides is 6. The SMILES string of the molecule is C[C@H](NC(=O)NC(c1ccc(C(F)(F)F)cc1)c1ccccc1Br)C(F)(F)F. The quantitative estimate of drug-likeness (QED) is 0.546. The lowest BCUT2D eigenvalue weighted by atomic mass is 9.97. The molecule has 2 atom stereocenters. The van der Waals surface area contributed by atoms with Gasteiger partial charge in [-0.25, -0.2) is 4.79 Å². The van der Waals surface area contributed by atoms with Gasteiger partial charge >= 0.3 is 18.4 Å². The fourth-order valence-electron chi connectivity index (χ4n) is 2.37. The average molecular weight is 469 g/mol. The minimum absolute atomic E-state index is 0.273. The van der Waals surface area contributed by atoms with Gasteiger partial charge in [0.15, 0.2) is 0 Å². The fraction of sp³-hybridized carbons (Fsp3) is 0.278. The van der Waals surface area contributed by atoms with Crippen LogP contribution in [0.3, 0.4) is 0 Å². The molecule has 152 valence electrons. The largest absolute Gasteiger partial charge is 0.416 e. The van der Waals surface area contributed by atoms with Crippen molar-refractivity contribution in [2.45, 2.75) is 31.4 Å². The molecule has 10 heteroatoms. The van der Waals surface area contributed by atoms with E-state index in [-0.39, 0.29) is 5.56 Å². The molecular formula is C18H15BrF6N2O. The van der Waals surface area contributed by atoms with E-state index in [2.05, 4.69) is 21.2 Å². The maximum Gasteiger partial charge on any atom is 0.416 e. The van der Waals surface area contributed by atoms with Gasteiger partial charge in [0.2, 0.25) is 0 Å². The Morgan fingerprint density at radius 1 is 0.929 bits per heavy atom. The van der Waals surface area contributed by atoms with Crippen LogP contribution in [0.1, 0.15) is 29.7 Å². The molecule has 0 spiro atoms. The number of rotatable bonds is 4. The minimum Gasteiger partial charge on any atom is -0.327 e. The van der Waals surface area contributed by atoms with Gasteiger partial charge in [0.1, 0.15) is 6.04 Å². The fourth-order valence-corrected chi connectivity index (χ4v) is 2.88. The summed E-state index contributed by atoms with van der Waals surface area (Å²) in [6.45, 7) is 0.783. The first-order valence-electron chi connectivity index (χ1n) is 7.95. The van der Waals surface area contributed by atoms with Gasteiger partial charge in [-0.2, -0.15) is 26.3 Å². The molecule has 0 heterocycles. The van der Waals surface area contributed by atoms with Crippen LogP contribution < -0.4 is 10.6 Å². The van der Waals surface area contributed by atoms with Gasteiger partial charge in [0.25, 0.3) is 0 Å². The highest BCUT2D eigenvalue weighted by molar-refractivity contribution is 9.10. The number of urea groups is 1. The van der Waals surface area contributed by atoms with Crippen LogP contribution >= 0.6 is 15.9 Å². The van der Waals surface area contributed by atoms with Crippen LogP contribution in [0.2, 0.25) is 0 Å². The monoisotopic (exact) mass is 468 g/mol. The van der Waals surface area contributed by atoms with Crippen molar-refractivity contribution in [1.82, 2.24) is 10.6 Å². The smallest absolute Gasteiger partial charge is 0.327 e. The summed E-state index contributed by atoms with van der Waals surface area (Å²) in [7, 11) is 0. The van der Waals surface area contributed by atoms with E-state index in [0.717, 1.165) is 19.1 Å². The zero-order chi connectivity index (χ0) is 21.1. The van der Waals surface area contributed by atoms with E-state index in [9.17, 15) is 31.1 Å². The molecule has 0 saturated carbocycles. The van der Waals surface area contributed by atoms with Crippen molar-refractivity contribution in [3.63, 3.8) is 0 Å². The first kappa shape index (κ1) is 22.1. The Bertz CT molecular complexity index is 820. The highest BCUT2D eigenvalue weighted by Crippen LogP contribution is 2.33. The second-order valence-electron chi connectivity index (χ2n) is 5.96. The molecule has 0 aromatic heterocycles. The molecule has 1 unspecified atom stereocenters. The number of carbonyl (C=O) groups excluding carboxylic acids is 1. The summed E-state index contributed by atoms with van der Waals surface area (Å²) in [4.78, 5) is 12.1. The van der Waals surface area contributed by atoms with Crippen LogP contribution in [-0.4, -0.2) is 18.2 Å². The van der Waals surface area contributed by atoms with Gasteiger partial charge in [0.05, 0.1) is 11.6 Å². The number of amides is 2. The highest BCUT2D eigenvalue weighted by atomic mass is 79.9. The number of halogens is 7. The molecule has 0 aliphatic heterocycles. The van der Waals surface area contributed by atoms with Crippen LogP contribution in [0.15, 0.2) is 53.0 Å². The maximum atomic E-state index is 12.8. The van der Waals surface area contributed by atoms with Crippen molar-refractivity contribution in [1.29, 1.82) is 0 Å². The maximum absolute atomic E-state index is 12.8. The predicted molar refractivity (Wildman–Crippen MR) is 94.6 cm³/mol. The van der Waals surface area contributed by atoms with Crippen LogP contribution in [0.25, 0.3) is 0 Å². The van der Waals surface area contributed by atoms with E-state index in [0.29, 0.717) is 10.0 Å². The first-order chi connectivity index (χ1) is 12.9. The molecule has 0 aliphatic carbocycles. The Morgan fingerprint density at radius 2 is 1.50 bits per heavy atom. The number of benzene rings is 2. The summed E-state index contributed by atoms with van der Waals surface area (Å²) in [6.07, 6.45) is -9.16. The van der Waals surface area contributed by atoms with E-state index in [1.54, 1.807) is 29.6 Å². The molecule has 2 amide bonds. The average Bonchev–Trinajstić information content (AvgIpc) is 2.59. The van der Waals surface area contributed by atoms with E-state index >= 15 is 0 Å². The Hall–Kier alpha value is -2.23. The Morgan fingerprint density at radius 3 is 2.00 bits per heavy atom. The van der Waals surface area contributed by atoms with Crippen LogP contribution in [0.4, 0.5) is 31.1 Å². The Labute approximate surface area is 165 Å². The topological polar surface area (TPSA) is 41.1 Å². The molecule has 2 aromatic rings. The van der Waals surface area contributed by atoms with Crippen LogP contribution in [0.5, 0.6) is 0 Å². The minimum atomic E-state index is -4.63. The molecule has 2 aromatic carbocycles. The zero-order valence-corrected chi connectivity index (χ0v) is 15.9. The van der Waals surface area contributed by atoms with E-state index in [1.807, 2.05) is 0 Å². The molecule has 0 radical (unpaired) electrons. The van der Waals surface area contributed by atoms with Gasteiger partial charge in [-0.3, -0.25) is 0 Å². The van der Waals surface area contributed by atoms with Crippen molar-refractivity contribution in [2.75, 3.05) is 0 Å². The Kier molecular flexibility index (Phi) is 6.63. The second kappa shape index (κ2) is 8.42. The highest BCUT2D eigenvalue weighted by Gasteiger charge is 2.37. The van der Waals surface area contributed by atoms with E-state index < -0.39 is 36.0 Å². The lowest BCUT2D eigenvalue weighted by Gasteiger charge is -2.24. The number of carbonyl (C=O) groups is 1. The molecule has 0 fully saturated rings. The molecule has 2 rings (SSSR count). The third-order valence-electron chi connectivity index (χ3n) is 3.90. The summed E-state index contributed by atoms with van der Waals surface area (Å²) in [5, 5.41) is 4.16. The molecule has 2 N–H and O–H groups in total. The van der Waals surface area contributed by atoms with Gasteiger partial charge in [-0.15, -0.1) is 0 Å². The van der Waals surface area contributed by atoms with E-state index in [4.69, 9.17) is 0 Å². The summed E-state index contributed by atoms with van der Waals surface area (Å²) in [5.74, 6) is 0. The Balaban J connectivity index is 2.33. The van der Waals surface area contributed by atoms with Gasteiger partial charge in [-0.1, -0.05) is 46.3 Å². The van der Waals surface area contributed by atoms with Crippen molar-refractivity contribution < 1.29 is 31.1 Å². The molecule has 0 aliphatic rings. The molecule has 0 saturated heterocycles. The number of nitrogens with one attached hydrogen (secondary N) is 2. The normalized spacial score (nSPS) is 14.3. The summed E-state index contributed by atoms with van der Waals surface area (Å²) in [5.41, 5.74) is -0.135. The zero-order valence-electron chi connectivity index (χ0n) is 14.3. The molecule has 0 bridgehead atoms. The van der Waals surface area contributed by atoms with E-state index in [1.165, 1.54) is 12.1 Å². The summed E-state index contributed by atoms with van der Waals surface area (Å²) >= 11 is 3.28. The van der Waals surface area contributed by atoms with Crippen molar-refractivity contribution >= 4 is 22.0 Å².